The van der Waals surface area contributed by atoms with Gasteiger partial charge in [0.2, 0.25) is 5.91 Å². The molecule has 0 heterocycles. The maximum atomic E-state index is 12.6. The van der Waals surface area contributed by atoms with E-state index in [0.29, 0.717) is 25.9 Å². The zero-order chi connectivity index (χ0) is 61.3. The van der Waals surface area contributed by atoms with Crippen molar-refractivity contribution in [1.82, 2.24) is 5.32 Å². The normalized spacial score (nSPS) is 12.5. The molecule has 0 aliphatic heterocycles. The fraction of sp³-hybridized carbons (Fsp3) is 0.949. The molecule has 6 nitrogen and oxygen atoms in total. The molecule has 0 radical (unpaired) electrons. The summed E-state index contributed by atoms with van der Waals surface area (Å²) in [6.45, 7) is 5.00. The van der Waals surface area contributed by atoms with E-state index in [-0.39, 0.29) is 18.5 Å². The van der Waals surface area contributed by atoms with E-state index < -0.39 is 12.1 Å². The second-order valence-corrected chi connectivity index (χ2v) is 27.4. The van der Waals surface area contributed by atoms with Crippen LogP contribution in [-0.4, -0.2) is 47.4 Å². The highest BCUT2D eigenvalue weighted by Gasteiger charge is 2.20. The van der Waals surface area contributed by atoms with Crippen molar-refractivity contribution in [2.45, 2.75) is 469 Å². The van der Waals surface area contributed by atoms with Crippen LogP contribution in [0.2, 0.25) is 0 Å². The summed E-state index contributed by atoms with van der Waals surface area (Å²) in [5, 5.41) is 23.4. The molecule has 0 rings (SSSR count). The first-order valence-corrected chi connectivity index (χ1v) is 39.4. The number of amides is 1. The Morgan fingerprint density at radius 1 is 0.318 bits per heavy atom. The number of esters is 1. The minimum atomic E-state index is -0.662. The molecule has 6 heteroatoms. The number of allylic oxidation sites excluding steroid dienone is 2. The Labute approximate surface area is 533 Å². The van der Waals surface area contributed by atoms with Crippen molar-refractivity contribution in [2.75, 3.05) is 13.2 Å². The Bertz CT molecular complexity index is 1290. The lowest BCUT2D eigenvalue weighted by Crippen LogP contribution is -2.45. The summed E-state index contributed by atoms with van der Waals surface area (Å²) in [7, 11) is 0. The molecule has 0 saturated heterocycles. The molecule has 2 atom stereocenters. The van der Waals surface area contributed by atoms with Gasteiger partial charge in [0.15, 0.2) is 0 Å². The smallest absolute Gasteiger partial charge is 0.305 e. The maximum Gasteiger partial charge on any atom is 0.305 e. The predicted molar refractivity (Wildman–Crippen MR) is 375 cm³/mol. The van der Waals surface area contributed by atoms with Gasteiger partial charge in [0, 0.05) is 12.8 Å². The van der Waals surface area contributed by atoms with Gasteiger partial charge in [-0.05, 0) is 51.4 Å². The Morgan fingerprint density at radius 2 is 0.553 bits per heavy atom. The van der Waals surface area contributed by atoms with Gasteiger partial charge in [0.1, 0.15) is 0 Å². The predicted octanol–water partition coefficient (Wildman–Crippen LogP) is 25.9. The molecule has 506 valence electrons. The summed E-state index contributed by atoms with van der Waals surface area (Å²) in [6.07, 6.45) is 94.5. The van der Waals surface area contributed by atoms with Gasteiger partial charge in [-0.15, -0.1) is 0 Å². The number of aliphatic hydroxyl groups excluding tert-OH is 2. The number of ether oxygens (including phenoxy) is 1. The Balaban J connectivity index is 3.33. The molecule has 0 aromatic rings. The molecule has 0 bridgehead atoms. The van der Waals surface area contributed by atoms with Gasteiger partial charge < -0.3 is 20.3 Å². The van der Waals surface area contributed by atoms with Crippen LogP contribution in [-0.2, 0) is 14.3 Å². The van der Waals surface area contributed by atoms with Crippen LogP contribution in [0.15, 0.2) is 12.2 Å². The number of hydrogen-bond donors (Lipinski definition) is 3. The third kappa shape index (κ3) is 71.6. The maximum absolute atomic E-state index is 12.6. The highest BCUT2D eigenvalue weighted by Crippen LogP contribution is 2.20. The average Bonchev–Trinajstić information content (AvgIpc) is 3.55. The third-order valence-corrected chi connectivity index (χ3v) is 18.8. The van der Waals surface area contributed by atoms with E-state index >= 15 is 0 Å². The highest BCUT2D eigenvalue weighted by atomic mass is 16.5. The number of rotatable bonds is 75. The van der Waals surface area contributed by atoms with E-state index in [1.165, 1.54) is 385 Å². The number of hydrogen-bond acceptors (Lipinski definition) is 5. The molecule has 85 heavy (non-hydrogen) atoms. The average molecular weight is 1200 g/mol. The van der Waals surface area contributed by atoms with Gasteiger partial charge in [0.05, 0.1) is 25.4 Å². The van der Waals surface area contributed by atoms with Crippen LogP contribution in [0.4, 0.5) is 0 Å². The summed E-state index contributed by atoms with van der Waals surface area (Å²) in [5.74, 6) is -0.00338. The first-order chi connectivity index (χ1) is 42.0. The number of nitrogens with one attached hydrogen (secondary N) is 1. The standard InChI is InChI=1S/C79H155NO5/c1-3-5-7-9-11-13-15-16-17-18-19-39-42-45-48-52-55-59-63-67-71-77(82)76(75-81)80-78(83)72-68-64-60-56-53-49-46-43-40-37-35-33-31-29-27-25-23-21-20-22-24-26-28-30-32-34-36-38-41-44-47-50-54-58-62-66-70-74-85-79(84)73-69-65-61-57-51-14-12-10-8-6-4-2/h20,22,76-77,81-82H,3-19,21,23-75H2,1-2H3,(H,80,83)/b22-20-. The van der Waals surface area contributed by atoms with Crippen LogP contribution in [0.5, 0.6) is 0 Å². The van der Waals surface area contributed by atoms with Crippen molar-refractivity contribution in [3.63, 3.8) is 0 Å². The van der Waals surface area contributed by atoms with Crippen LogP contribution in [0.1, 0.15) is 457 Å². The molecule has 0 saturated carbocycles. The van der Waals surface area contributed by atoms with Crippen molar-refractivity contribution in [2.24, 2.45) is 0 Å². The van der Waals surface area contributed by atoms with Gasteiger partial charge in [-0.3, -0.25) is 9.59 Å². The first-order valence-electron chi connectivity index (χ1n) is 39.4. The van der Waals surface area contributed by atoms with Crippen LogP contribution in [0.25, 0.3) is 0 Å². The largest absolute Gasteiger partial charge is 0.466 e. The number of aliphatic hydroxyl groups is 2. The Hall–Kier alpha value is -1.40. The summed E-state index contributed by atoms with van der Waals surface area (Å²) in [6, 6.07) is -0.538. The molecule has 0 aliphatic rings. The van der Waals surface area contributed by atoms with E-state index in [4.69, 9.17) is 4.74 Å². The lowest BCUT2D eigenvalue weighted by Gasteiger charge is -2.22. The zero-order valence-electron chi connectivity index (χ0n) is 58.1. The van der Waals surface area contributed by atoms with Crippen molar-refractivity contribution < 1.29 is 24.5 Å². The Morgan fingerprint density at radius 3 is 0.835 bits per heavy atom. The zero-order valence-corrected chi connectivity index (χ0v) is 58.1. The van der Waals surface area contributed by atoms with Gasteiger partial charge in [-0.2, -0.15) is 0 Å². The molecule has 0 aliphatic carbocycles. The van der Waals surface area contributed by atoms with Gasteiger partial charge in [-0.25, -0.2) is 0 Å². The van der Waals surface area contributed by atoms with Gasteiger partial charge in [0.25, 0.3) is 0 Å². The van der Waals surface area contributed by atoms with Crippen LogP contribution in [0.3, 0.4) is 0 Å². The van der Waals surface area contributed by atoms with Gasteiger partial charge >= 0.3 is 5.97 Å². The summed E-state index contributed by atoms with van der Waals surface area (Å²) < 4.78 is 5.48. The third-order valence-electron chi connectivity index (χ3n) is 18.8. The van der Waals surface area contributed by atoms with Crippen LogP contribution in [0, 0.1) is 0 Å². The summed E-state index contributed by atoms with van der Waals surface area (Å²) in [4.78, 5) is 24.6. The second-order valence-electron chi connectivity index (χ2n) is 27.4. The van der Waals surface area contributed by atoms with Crippen LogP contribution >= 0.6 is 0 Å². The van der Waals surface area contributed by atoms with Crippen molar-refractivity contribution >= 4 is 11.9 Å². The lowest BCUT2D eigenvalue weighted by atomic mass is 10.0. The van der Waals surface area contributed by atoms with Crippen molar-refractivity contribution in [1.29, 1.82) is 0 Å². The minimum absolute atomic E-state index is 0.0222. The summed E-state index contributed by atoms with van der Waals surface area (Å²) >= 11 is 0. The lowest BCUT2D eigenvalue weighted by molar-refractivity contribution is -0.143. The van der Waals surface area contributed by atoms with E-state index in [0.717, 1.165) is 38.5 Å². The van der Waals surface area contributed by atoms with E-state index in [1.54, 1.807) is 0 Å². The van der Waals surface area contributed by atoms with E-state index in [1.807, 2.05) is 0 Å². The second kappa shape index (κ2) is 75.1. The quantitative estimate of drug-likeness (QED) is 0.0320. The molecule has 0 aromatic carbocycles. The molecule has 2 unspecified atom stereocenters. The molecular weight excluding hydrogens is 1040 g/mol. The van der Waals surface area contributed by atoms with Crippen LogP contribution < -0.4 is 5.32 Å². The topological polar surface area (TPSA) is 95.9 Å². The monoisotopic (exact) mass is 1200 g/mol. The summed E-state index contributed by atoms with van der Waals surface area (Å²) in [5.41, 5.74) is 0. The minimum Gasteiger partial charge on any atom is -0.466 e. The highest BCUT2D eigenvalue weighted by molar-refractivity contribution is 5.76. The number of unbranched alkanes of at least 4 members (excludes halogenated alkanes) is 62. The first kappa shape index (κ1) is 83.6. The molecule has 1 amide bonds. The molecular formula is C79H155NO5. The van der Waals surface area contributed by atoms with E-state index in [9.17, 15) is 19.8 Å². The molecule has 0 spiro atoms. The fourth-order valence-electron chi connectivity index (χ4n) is 12.8. The van der Waals surface area contributed by atoms with Gasteiger partial charge in [-0.1, -0.05) is 405 Å². The number of carbonyl (C=O) groups excluding carboxylic acids is 2. The SMILES string of the molecule is CCCCCCCCCCCCCCCCCCCCCCC(O)C(CO)NC(=O)CCCCCCCCCCCCCCCCCCC/C=C\CCCCCCCCCCCCCCCCCCOC(=O)CCCCCCCCCCCCC. The number of carbonyl (C=O) groups is 2. The molecule has 3 N–H and O–H groups in total. The fourth-order valence-corrected chi connectivity index (χ4v) is 12.8. The van der Waals surface area contributed by atoms with Crippen molar-refractivity contribution in [3.8, 4) is 0 Å². The Kier molecular flexibility index (Phi) is 73.8. The molecule has 0 fully saturated rings. The molecule has 0 aromatic heterocycles. The van der Waals surface area contributed by atoms with Crippen molar-refractivity contribution in [3.05, 3.63) is 12.2 Å². The van der Waals surface area contributed by atoms with E-state index in [2.05, 4.69) is 31.3 Å².